The highest BCUT2D eigenvalue weighted by Crippen LogP contribution is 2.56. The highest BCUT2D eigenvalue weighted by atomic mass is 31.2. The van der Waals surface area contributed by atoms with E-state index in [1.54, 1.807) is 0 Å². The normalized spacial score (nSPS) is 13.4. The highest BCUT2D eigenvalue weighted by Gasteiger charge is 2.35. The van der Waals surface area contributed by atoms with Crippen LogP contribution >= 0.6 is 15.6 Å². The Labute approximate surface area is 470 Å². The highest BCUT2D eigenvalue weighted by molar-refractivity contribution is 7.45. The number of hydrogen-bond donors (Lipinski definition) is 6. The zero-order chi connectivity index (χ0) is 60.1. The Hall–Kier alpha value is -4.46. The molecule has 8 nitrogen and oxygen atoms in total. The standard InChI is InChI=1S/C68H90.2H3O4P/c1-61(2,3)44-30-34-48(54(38-44)65(13,14)15)52-42-53(49-35-31-45(62(4,5)6)39-55(49)66(16,17)18)59(50-36-32-46(63(7,8)9)40-56(50)67(19,20)21)60(58(52)43-28-26-25-27-29-43)51-37-33-47(64(10,11)12)41-57(51)68(22,23)24;2*1-5(2,3)4/h25-42H,1-24H3;2*(H3,1,2,3,4). The van der Waals surface area contributed by atoms with Crippen molar-refractivity contribution in [3.8, 4) is 55.6 Å². The summed E-state index contributed by atoms with van der Waals surface area (Å²) in [6.07, 6.45) is 0. The molecule has 0 radical (unpaired) electrons. The van der Waals surface area contributed by atoms with Crippen molar-refractivity contribution in [3.63, 3.8) is 0 Å². The van der Waals surface area contributed by atoms with Crippen molar-refractivity contribution in [1.82, 2.24) is 0 Å². The molecule has 0 saturated heterocycles. The van der Waals surface area contributed by atoms with E-state index in [1.807, 2.05) is 0 Å². The first-order valence-corrected chi connectivity index (χ1v) is 30.4. The molecule has 78 heavy (non-hydrogen) atoms. The third-order valence-corrected chi connectivity index (χ3v) is 14.3. The summed E-state index contributed by atoms with van der Waals surface area (Å²) in [5, 5.41) is 0. The fraction of sp³-hybridized carbons (Fsp3) is 0.471. The molecule has 10 heteroatoms. The molecular formula is C68H96O8P2. The molecule has 6 aromatic rings. The minimum atomic E-state index is -4.64. The van der Waals surface area contributed by atoms with E-state index in [2.05, 4.69) is 275 Å². The molecule has 6 aromatic carbocycles. The van der Waals surface area contributed by atoms with Crippen LogP contribution in [-0.2, 0) is 52.5 Å². The van der Waals surface area contributed by atoms with E-state index in [9.17, 15) is 0 Å². The van der Waals surface area contributed by atoms with E-state index in [4.69, 9.17) is 38.5 Å². The average Bonchev–Trinajstić information content (AvgIpc) is 3.24. The van der Waals surface area contributed by atoms with Gasteiger partial charge in [0.1, 0.15) is 0 Å². The second-order valence-corrected chi connectivity index (χ2v) is 31.6. The van der Waals surface area contributed by atoms with Crippen molar-refractivity contribution >= 4 is 15.6 Å². The fourth-order valence-electron chi connectivity index (χ4n) is 9.99. The first-order chi connectivity index (χ1) is 34.8. The lowest BCUT2D eigenvalue weighted by Gasteiger charge is -2.35. The Bertz CT molecular complexity index is 3150. The van der Waals surface area contributed by atoms with Gasteiger partial charge in [0.25, 0.3) is 0 Å². The van der Waals surface area contributed by atoms with E-state index in [-0.39, 0.29) is 43.3 Å². The van der Waals surface area contributed by atoms with Crippen molar-refractivity contribution in [2.24, 2.45) is 0 Å². The summed E-state index contributed by atoms with van der Waals surface area (Å²) in [7, 11) is -9.28. The van der Waals surface area contributed by atoms with Crippen LogP contribution in [0, 0.1) is 0 Å². The minimum Gasteiger partial charge on any atom is -0.303 e. The van der Waals surface area contributed by atoms with Gasteiger partial charge in [-0.2, -0.15) is 0 Å². The second kappa shape index (κ2) is 22.8. The molecule has 0 aliphatic rings. The molecular weight excluding hydrogens is 1010 g/mol. The Kier molecular flexibility index (Phi) is 19.3. The molecule has 0 heterocycles. The third-order valence-electron chi connectivity index (χ3n) is 14.3. The first-order valence-electron chi connectivity index (χ1n) is 27.3. The lowest BCUT2D eigenvalue weighted by atomic mass is 9.69. The van der Waals surface area contributed by atoms with Crippen LogP contribution < -0.4 is 0 Å². The van der Waals surface area contributed by atoms with Gasteiger partial charge in [-0.25, -0.2) is 9.13 Å². The summed E-state index contributed by atoms with van der Waals surface area (Å²) in [6, 6.07) is 43.8. The molecule has 0 unspecified atom stereocenters. The summed E-state index contributed by atoms with van der Waals surface area (Å²) in [5.74, 6) is 0. The Balaban J connectivity index is 0.00000120. The van der Waals surface area contributed by atoms with Crippen LogP contribution in [0.15, 0.2) is 109 Å². The maximum Gasteiger partial charge on any atom is 0.466 e. The predicted molar refractivity (Wildman–Crippen MR) is 332 cm³/mol. The summed E-state index contributed by atoms with van der Waals surface area (Å²) < 4.78 is 17.8. The Morgan fingerprint density at radius 2 is 0.487 bits per heavy atom. The van der Waals surface area contributed by atoms with Gasteiger partial charge in [-0.05, 0) is 150 Å². The monoisotopic (exact) mass is 1100 g/mol. The SMILES string of the molecule is CC(C)(C)c1ccc(-c2cc(-c3ccc(C(C)(C)C)cc3C(C)(C)C)c(-c3ccc(C(C)(C)C)cc3C(C)(C)C)c(-c3ccc(C(C)(C)C)cc3C(C)(C)C)c2-c2ccccc2)c(C(C)(C)C)c1.O=P(O)(O)O.O=P(O)(O)O. The van der Waals surface area contributed by atoms with Crippen molar-refractivity contribution in [2.75, 3.05) is 0 Å². The number of rotatable bonds is 5. The number of benzene rings is 6. The topological polar surface area (TPSA) is 156 Å². The molecule has 0 atom stereocenters. The van der Waals surface area contributed by atoms with Crippen LogP contribution in [0.5, 0.6) is 0 Å². The fourth-order valence-corrected chi connectivity index (χ4v) is 9.99. The first kappa shape index (κ1) is 66.1. The molecule has 6 N–H and O–H groups in total. The summed E-state index contributed by atoms with van der Waals surface area (Å²) in [5.41, 5.74) is 23.1. The van der Waals surface area contributed by atoms with Crippen LogP contribution in [0.1, 0.15) is 211 Å². The molecule has 6 rings (SSSR count). The second-order valence-electron chi connectivity index (χ2n) is 29.5. The van der Waals surface area contributed by atoms with Gasteiger partial charge in [0.05, 0.1) is 0 Å². The van der Waals surface area contributed by atoms with Crippen LogP contribution in [0.2, 0.25) is 0 Å². The van der Waals surface area contributed by atoms with Crippen LogP contribution in [-0.4, -0.2) is 29.4 Å². The quantitative estimate of drug-likeness (QED) is 0.0933. The largest absolute Gasteiger partial charge is 0.466 e. The van der Waals surface area contributed by atoms with E-state index >= 15 is 0 Å². The van der Waals surface area contributed by atoms with Gasteiger partial charge < -0.3 is 29.4 Å². The molecule has 0 bridgehead atoms. The van der Waals surface area contributed by atoms with Gasteiger partial charge >= 0.3 is 15.6 Å². The number of phosphoric acid groups is 2. The molecule has 0 fully saturated rings. The molecule has 0 spiro atoms. The van der Waals surface area contributed by atoms with Crippen molar-refractivity contribution < 1.29 is 38.5 Å². The smallest absolute Gasteiger partial charge is 0.303 e. The van der Waals surface area contributed by atoms with Crippen LogP contribution in [0.3, 0.4) is 0 Å². The van der Waals surface area contributed by atoms with E-state index in [1.165, 1.54) is 100 Å². The Morgan fingerprint density at radius 1 is 0.256 bits per heavy atom. The van der Waals surface area contributed by atoms with E-state index < -0.39 is 15.6 Å². The van der Waals surface area contributed by atoms with Gasteiger partial charge in [0, 0.05) is 0 Å². The predicted octanol–water partition coefficient (Wildman–Crippen LogP) is 18.5. The van der Waals surface area contributed by atoms with Crippen molar-refractivity contribution in [3.05, 3.63) is 154 Å². The molecule has 0 aliphatic carbocycles. The molecule has 0 amide bonds. The lowest BCUT2D eigenvalue weighted by molar-refractivity contribution is 0.272. The van der Waals surface area contributed by atoms with Crippen molar-refractivity contribution in [1.29, 1.82) is 0 Å². The maximum atomic E-state index is 8.88. The zero-order valence-electron chi connectivity index (χ0n) is 51.8. The van der Waals surface area contributed by atoms with Gasteiger partial charge in [0.2, 0.25) is 0 Å². The van der Waals surface area contributed by atoms with Crippen molar-refractivity contribution in [2.45, 2.75) is 209 Å². The molecule has 0 saturated carbocycles. The van der Waals surface area contributed by atoms with Gasteiger partial charge in [-0.1, -0.05) is 269 Å². The van der Waals surface area contributed by atoms with Crippen LogP contribution in [0.4, 0.5) is 0 Å². The minimum absolute atomic E-state index is 0.00361. The average molecular weight is 1100 g/mol. The lowest BCUT2D eigenvalue weighted by Crippen LogP contribution is -2.20. The summed E-state index contributed by atoms with van der Waals surface area (Å²) in [6.45, 7) is 57.1. The number of hydrogen-bond acceptors (Lipinski definition) is 2. The van der Waals surface area contributed by atoms with E-state index in [0.717, 1.165) is 0 Å². The molecule has 426 valence electrons. The van der Waals surface area contributed by atoms with Gasteiger partial charge in [0.15, 0.2) is 0 Å². The molecule has 0 aromatic heterocycles. The maximum absolute atomic E-state index is 8.88. The summed E-state index contributed by atoms with van der Waals surface area (Å²) in [4.78, 5) is 43.1. The third kappa shape index (κ3) is 17.3. The van der Waals surface area contributed by atoms with Crippen LogP contribution in [0.25, 0.3) is 55.6 Å². The van der Waals surface area contributed by atoms with Gasteiger partial charge in [-0.3, -0.25) is 0 Å². The Morgan fingerprint density at radius 3 is 0.744 bits per heavy atom. The van der Waals surface area contributed by atoms with E-state index in [0.29, 0.717) is 0 Å². The van der Waals surface area contributed by atoms with Gasteiger partial charge in [-0.15, -0.1) is 0 Å². The zero-order valence-corrected chi connectivity index (χ0v) is 53.6. The molecule has 0 aliphatic heterocycles. The summed E-state index contributed by atoms with van der Waals surface area (Å²) >= 11 is 0.